The molecule has 1 saturated heterocycles. The smallest absolute Gasteiger partial charge is 0.185 e. The number of aryl methyl sites for hydroxylation is 1. The molecule has 0 atom stereocenters. The fourth-order valence-electron chi connectivity index (χ4n) is 1.52. The molecule has 72 valence electrons. The van der Waals surface area contributed by atoms with Gasteiger partial charge in [-0.15, -0.1) is 11.3 Å². The Morgan fingerprint density at radius 1 is 1.69 bits per heavy atom. The molecule has 13 heavy (non-hydrogen) atoms. The minimum absolute atomic E-state index is 0.502. The summed E-state index contributed by atoms with van der Waals surface area (Å²) in [6, 6.07) is 0. The van der Waals surface area contributed by atoms with Crippen molar-refractivity contribution in [2.24, 2.45) is 0 Å². The van der Waals surface area contributed by atoms with Crippen molar-refractivity contribution < 1.29 is 5.11 Å². The van der Waals surface area contributed by atoms with E-state index in [-0.39, 0.29) is 0 Å². The Labute approximate surface area is 82.0 Å². The predicted octanol–water partition coefficient (Wildman–Crippen LogP) is 1.28. The molecule has 1 aliphatic heterocycles. The number of hydrogen-bond donors (Lipinski definition) is 1. The molecule has 0 spiro atoms. The molecule has 1 fully saturated rings. The summed E-state index contributed by atoms with van der Waals surface area (Å²) in [6.45, 7) is 5.39. The molecule has 0 bridgehead atoms. The molecule has 0 amide bonds. The number of anilines is 1. The lowest BCUT2D eigenvalue weighted by atomic mass is 9.98. The first-order chi connectivity index (χ1) is 6.11. The first-order valence-electron chi connectivity index (χ1n) is 4.52. The molecule has 1 aromatic heterocycles. The van der Waals surface area contributed by atoms with Crippen molar-refractivity contribution in [3.05, 3.63) is 11.1 Å². The van der Waals surface area contributed by atoms with Gasteiger partial charge in [-0.2, -0.15) is 0 Å². The van der Waals surface area contributed by atoms with Crippen LogP contribution in [0.1, 0.15) is 19.5 Å². The first-order valence-corrected chi connectivity index (χ1v) is 5.40. The average Bonchev–Trinajstić information content (AvgIpc) is 2.47. The Bertz CT molecular complexity index is 300. The second kappa shape index (κ2) is 2.96. The van der Waals surface area contributed by atoms with Gasteiger partial charge in [0.1, 0.15) is 0 Å². The molecule has 3 nitrogen and oxygen atoms in total. The molecule has 2 heterocycles. The van der Waals surface area contributed by atoms with Gasteiger partial charge in [-0.25, -0.2) is 4.98 Å². The number of rotatable bonds is 2. The summed E-state index contributed by atoms with van der Waals surface area (Å²) in [5.74, 6) is 0. The van der Waals surface area contributed by atoms with Gasteiger partial charge < -0.3 is 10.0 Å². The van der Waals surface area contributed by atoms with Crippen LogP contribution in [0.2, 0.25) is 0 Å². The van der Waals surface area contributed by atoms with E-state index in [4.69, 9.17) is 0 Å². The summed E-state index contributed by atoms with van der Waals surface area (Å²) in [6.07, 6.45) is 0.987. The summed E-state index contributed by atoms with van der Waals surface area (Å²) in [7, 11) is 0. The number of hydrogen-bond acceptors (Lipinski definition) is 4. The summed E-state index contributed by atoms with van der Waals surface area (Å²) in [5, 5.41) is 12.7. The lowest BCUT2D eigenvalue weighted by Gasteiger charge is -2.44. The summed E-state index contributed by atoms with van der Waals surface area (Å²) < 4.78 is 0. The number of aromatic nitrogens is 1. The molecule has 1 aliphatic rings. The van der Waals surface area contributed by atoms with Gasteiger partial charge in [0.05, 0.1) is 24.4 Å². The quantitative estimate of drug-likeness (QED) is 0.777. The van der Waals surface area contributed by atoms with Crippen molar-refractivity contribution >= 4 is 16.5 Å². The highest BCUT2D eigenvalue weighted by molar-refractivity contribution is 7.13. The highest BCUT2D eigenvalue weighted by atomic mass is 32.1. The third kappa shape index (κ3) is 1.69. The van der Waals surface area contributed by atoms with E-state index in [1.807, 2.05) is 6.92 Å². The minimum atomic E-state index is -0.502. The Balaban J connectivity index is 2.03. The fraction of sp³-hybridized carbons (Fsp3) is 0.667. The van der Waals surface area contributed by atoms with Gasteiger partial charge in [0.25, 0.3) is 0 Å². The van der Waals surface area contributed by atoms with Crippen molar-refractivity contribution in [3.8, 4) is 0 Å². The molecule has 2 rings (SSSR count). The number of thiazole rings is 1. The van der Waals surface area contributed by atoms with Crippen molar-refractivity contribution in [2.75, 3.05) is 18.0 Å². The van der Waals surface area contributed by atoms with Crippen LogP contribution in [0.15, 0.2) is 5.38 Å². The van der Waals surface area contributed by atoms with E-state index in [0.717, 1.165) is 17.2 Å². The number of β-amino-alcohol motifs (C(OH)–C–C–N with tert-alkyl or cyclic N) is 1. The second-order valence-electron chi connectivity index (χ2n) is 3.83. The molecule has 0 radical (unpaired) electrons. The van der Waals surface area contributed by atoms with Gasteiger partial charge in [0.15, 0.2) is 5.13 Å². The van der Waals surface area contributed by atoms with Gasteiger partial charge in [-0.1, -0.05) is 6.92 Å². The molecule has 4 heteroatoms. The lowest BCUT2D eigenvalue weighted by molar-refractivity contribution is 0.0310. The standard InChI is InChI=1S/C9H14N2OS/c1-3-7-4-13-8(10-7)11-5-9(2,12)6-11/h4,12H,3,5-6H2,1-2H3. The van der Waals surface area contributed by atoms with E-state index < -0.39 is 5.60 Å². The molecule has 1 N–H and O–H groups in total. The normalized spacial score (nSPS) is 20.1. The topological polar surface area (TPSA) is 36.4 Å². The van der Waals surface area contributed by atoms with Crippen LogP contribution < -0.4 is 4.90 Å². The number of aliphatic hydroxyl groups is 1. The zero-order chi connectivity index (χ0) is 9.47. The van der Waals surface area contributed by atoms with Gasteiger partial charge in [-0.05, 0) is 13.3 Å². The average molecular weight is 198 g/mol. The van der Waals surface area contributed by atoms with Crippen LogP contribution in [-0.2, 0) is 6.42 Å². The molecular weight excluding hydrogens is 184 g/mol. The molecule has 0 aliphatic carbocycles. The monoisotopic (exact) mass is 198 g/mol. The Kier molecular flexibility index (Phi) is 2.04. The molecular formula is C9H14N2OS. The summed E-state index contributed by atoms with van der Waals surface area (Å²) >= 11 is 1.66. The maximum atomic E-state index is 9.54. The number of nitrogens with zero attached hydrogens (tertiary/aromatic N) is 2. The first kappa shape index (κ1) is 8.97. The van der Waals surface area contributed by atoms with E-state index in [0.29, 0.717) is 13.1 Å². The third-order valence-electron chi connectivity index (χ3n) is 2.24. The molecule has 0 saturated carbocycles. The summed E-state index contributed by atoms with van der Waals surface area (Å²) in [4.78, 5) is 6.56. The van der Waals surface area contributed by atoms with E-state index in [1.54, 1.807) is 11.3 Å². The van der Waals surface area contributed by atoms with Crippen LogP contribution in [0.3, 0.4) is 0 Å². The van der Waals surface area contributed by atoms with Crippen molar-refractivity contribution in [1.29, 1.82) is 0 Å². The predicted molar refractivity (Wildman–Crippen MR) is 54.3 cm³/mol. The zero-order valence-electron chi connectivity index (χ0n) is 7.95. The second-order valence-corrected chi connectivity index (χ2v) is 4.66. The highest BCUT2D eigenvalue weighted by Crippen LogP contribution is 2.29. The zero-order valence-corrected chi connectivity index (χ0v) is 8.77. The summed E-state index contributed by atoms with van der Waals surface area (Å²) in [5.41, 5.74) is 0.643. The van der Waals surface area contributed by atoms with Gasteiger partial charge >= 0.3 is 0 Å². The van der Waals surface area contributed by atoms with Gasteiger partial charge in [0.2, 0.25) is 0 Å². The Morgan fingerprint density at radius 2 is 2.38 bits per heavy atom. The Hall–Kier alpha value is -0.610. The minimum Gasteiger partial charge on any atom is -0.386 e. The van der Waals surface area contributed by atoms with Crippen molar-refractivity contribution in [1.82, 2.24) is 4.98 Å². The van der Waals surface area contributed by atoms with Crippen LogP contribution in [0, 0.1) is 0 Å². The van der Waals surface area contributed by atoms with Crippen LogP contribution in [-0.4, -0.2) is 28.8 Å². The largest absolute Gasteiger partial charge is 0.386 e. The molecule has 1 aromatic rings. The van der Waals surface area contributed by atoms with Crippen LogP contribution in [0.5, 0.6) is 0 Å². The van der Waals surface area contributed by atoms with Crippen molar-refractivity contribution in [2.45, 2.75) is 25.9 Å². The fourth-order valence-corrected chi connectivity index (χ4v) is 2.42. The van der Waals surface area contributed by atoms with Gasteiger partial charge in [-0.3, -0.25) is 0 Å². The van der Waals surface area contributed by atoms with Crippen molar-refractivity contribution in [3.63, 3.8) is 0 Å². The SMILES string of the molecule is CCc1csc(N2CC(C)(O)C2)n1. The highest BCUT2D eigenvalue weighted by Gasteiger charge is 2.37. The molecule has 0 unspecified atom stereocenters. The maximum absolute atomic E-state index is 9.54. The van der Waals surface area contributed by atoms with Crippen LogP contribution in [0.25, 0.3) is 0 Å². The van der Waals surface area contributed by atoms with E-state index >= 15 is 0 Å². The molecule has 0 aromatic carbocycles. The third-order valence-corrected chi connectivity index (χ3v) is 3.19. The van der Waals surface area contributed by atoms with E-state index in [1.165, 1.54) is 0 Å². The lowest BCUT2D eigenvalue weighted by Crippen LogP contribution is -2.60. The van der Waals surface area contributed by atoms with Crippen LogP contribution >= 0.6 is 11.3 Å². The van der Waals surface area contributed by atoms with E-state index in [2.05, 4.69) is 22.2 Å². The van der Waals surface area contributed by atoms with E-state index in [9.17, 15) is 5.11 Å². The van der Waals surface area contributed by atoms with Gasteiger partial charge in [0, 0.05) is 5.38 Å². The van der Waals surface area contributed by atoms with Crippen LogP contribution in [0.4, 0.5) is 5.13 Å². The maximum Gasteiger partial charge on any atom is 0.185 e. The Morgan fingerprint density at radius 3 is 2.85 bits per heavy atom.